The van der Waals surface area contributed by atoms with Crippen molar-refractivity contribution in [1.29, 1.82) is 0 Å². The van der Waals surface area contributed by atoms with Gasteiger partial charge in [-0.25, -0.2) is 0 Å². The first-order valence-electron chi connectivity index (χ1n) is 6.92. The summed E-state index contributed by atoms with van der Waals surface area (Å²) in [6.07, 6.45) is 1.79. The molecule has 0 spiro atoms. The second-order valence-corrected chi connectivity index (χ2v) is 5.69. The Bertz CT molecular complexity index is 455. The lowest BCUT2D eigenvalue weighted by atomic mass is 9.82. The summed E-state index contributed by atoms with van der Waals surface area (Å²) in [4.78, 5) is 13.8. The predicted octanol–water partition coefficient (Wildman–Crippen LogP) is 0.491. The Labute approximate surface area is 119 Å². The maximum Gasteiger partial charge on any atom is 0.239 e. The van der Waals surface area contributed by atoms with Crippen LogP contribution in [0.5, 0.6) is 5.75 Å². The van der Waals surface area contributed by atoms with Crippen molar-refractivity contribution >= 4 is 5.91 Å². The van der Waals surface area contributed by atoms with Gasteiger partial charge in [0.25, 0.3) is 0 Å². The molecule has 110 valence electrons. The number of rotatable bonds is 5. The number of phenols is 1. The van der Waals surface area contributed by atoms with Gasteiger partial charge < -0.3 is 20.8 Å². The van der Waals surface area contributed by atoms with E-state index in [1.54, 1.807) is 36.2 Å². The van der Waals surface area contributed by atoms with Crippen LogP contribution < -0.4 is 5.73 Å². The van der Waals surface area contributed by atoms with E-state index in [4.69, 9.17) is 5.73 Å². The first-order chi connectivity index (χ1) is 9.45. The van der Waals surface area contributed by atoms with Crippen molar-refractivity contribution in [2.45, 2.75) is 31.4 Å². The fourth-order valence-electron chi connectivity index (χ4n) is 2.58. The molecule has 4 N–H and O–H groups in total. The van der Waals surface area contributed by atoms with Gasteiger partial charge >= 0.3 is 0 Å². The minimum absolute atomic E-state index is 0.0838. The molecule has 0 heterocycles. The van der Waals surface area contributed by atoms with Gasteiger partial charge in [0.1, 0.15) is 5.75 Å². The van der Waals surface area contributed by atoms with E-state index in [-0.39, 0.29) is 17.8 Å². The molecule has 1 fully saturated rings. The van der Waals surface area contributed by atoms with E-state index in [1.165, 1.54) is 0 Å². The SMILES string of the molecule is CN(CC1CC(O)C1)C(=O)C(N)Cc1ccc(O)cc1. The molecule has 5 heteroatoms. The zero-order valence-electron chi connectivity index (χ0n) is 11.7. The number of nitrogens with zero attached hydrogens (tertiary/aromatic N) is 1. The second-order valence-electron chi connectivity index (χ2n) is 5.69. The molecule has 0 aromatic heterocycles. The fraction of sp³-hybridized carbons (Fsp3) is 0.533. The van der Waals surface area contributed by atoms with E-state index in [9.17, 15) is 15.0 Å². The number of carbonyl (C=O) groups excluding carboxylic acids is 1. The number of aromatic hydroxyl groups is 1. The maximum absolute atomic E-state index is 12.2. The Hall–Kier alpha value is -1.59. The van der Waals surface area contributed by atoms with Gasteiger partial charge in [-0.2, -0.15) is 0 Å². The van der Waals surface area contributed by atoms with Crippen LogP contribution in [0, 0.1) is 5.92 Å². The molecule has 1 atom stereocenters. The van der Waals surface area contributed by atoms with E-state index in [1.807, 2.05) is 0 Å². The third kappa shape index (κ3) is 3.71. The van der Waals surface area contributed by atoms with E-state index in [0.29, 0.717) is 18.9 Å². The topological polar surface area (TPSA) is 86.8 Å². The number of carbonyl (C=O) groups is 1. The van der Waals surface area contributed by atoms with Crippen LogP contribution in [0.2, 0.25) is 0 Å². The molecular weight excluding hydrogens is 256 g/mol. The summed E-state index contributed by atoms with van der Waals surface area (Å²) in [5.74, 6) is 0.508. The highest BCUT2D eigenvalue weighted by molar-refractivity contribution is 5.81. The Balaban J connectivity index is 1.83. The van der Waals surface area contributed by atoms with Gasteiger partial charge in [-0.1, -0.05) is 12.1 Å². The van der Waals surface area contributed by atoms with Crippen molar-refractivity contribution in [3.63, 3.8) is 0 Å². The van der Waals surface area contributed by atoms with E-state index in [2.05, 4.69) is 0 Å². The van der Waals surface area contributed by atoms with Crippen LogP contribution >= 0.6 is 0 Å². The van der Waals surface area contributed by atoms with Crippen LogP contribution in [0.4, 0.5) is 0 Å². The van der Waals surface area contributed by atoms with Crippen LogP contribution in [0.1, 0.15) is 18.4 Å². The molecule has 5 nitrogen and oxygen atoms in total. The standard InChI is InChI=1S/C15H22N2O3/c1-17(9-11-6-13(19)7-11)15(20)14(16)8-10-2-4-12(18)5-3-10/h2-5,11,13-14,18-19H,6-9,16H2,1H3. The molecule has 1 aromatic carbocycles. The average molecular weight is 278 g/mol. The predicted molar refractivity (Wildman–Crippen MR) is 76.2 cm³/mol. The summed E-state index contributed by atoms with van der Waals surface area (Å²) in [7, 11) is 1.75. The highest BCUT2D eigenvalue weighted by Crippen LogP contribution is 2.27. The van der Waals surface area contributed by atoms with Crippen LogP contribution in [-0.4, -0.2) is 46.8 Å². The summed E-state index contributed by atoms with van der Waals surface area (Å²) < 4.78 is 0. The monoisotopic (exact) mass is 278 g/mol. The number of aliphatic hydroxyl groups is 1. The number of nitrogens with two attached hydrogens (primary N) is 1. The molecule has 0 bridgehead atoms. The van der Waals surface area contributed by atoms with E-state index in [0.717, 1.165) is 18.4 Å². The molecule has 1 aliphatic rings. The number of hydrogen-bond donors (Lipinski definition) is 3. The van der Waals surface area contributed by atoms with Gasteiger partial charge in [0.2, 0.25) is 5.91 Å². The maximum atomic E-state index is 12.2. The quantitative estimate of drug-likeness (QED) is 0.731. The summed E-state index contributed by atoms with van der Waals surface area (Å²) in [5, 5.41) is 18.5. The molecule has 1 aromatic rings. The Morgan fingerprint density at radius 1 is 1.40 bits per heavy atom. The smallest absolute Gasteiger partial charge is 0.239 e. The summed E-state index contributed by atoms with van der Waals surface area (Å²) >= 11 is 0. The summed E-state index contributed by atoms with van der Waals surface area (Å²) in [5.41, 5.74) is 6.87. The van der Waals surface area contributed by atoms with Gasteiger partial charge in [0.05, 0.1) is 12.1 Å². The van der Waals surface area contributed by atoms with E-state index >= 15 is 0 Å². The number of hydrogen-bond acceptors (Lipinski definition) is 4. The second kappa shape index (κ2) is 6.24. The Kier molecular flexibility index (Phi) is 4.62. The molecule has 1 aliphatic carbocycles. The van der Waals surface area contributed by atoms with Crippen LogP contribution in [0.3, 0.4) is 0 Å². The molecule has 0 aliphatic heterocycles. The van der Waals surface area contributed by atoms with Crippen molar-refractivity contribution in [2.24, 2.45) is 11.7 Å². The molecule has 2 rings (SSSR count). The number of benzene rings is 1. The highest BCUT2D eigenvalue weighted by Gasteiger charge is 2.30. The average Bonchev–Trinajstić information content (AvgIpc) is 2.38. The normalized spacial score (nSPS) is 22.9. The Morgan fingerprint density at radius 2 is 2.00 bits per heavy atom. The third-order valence-electron chi connectivity index (χ3n) is 3.83. The van der Waals surface area contributed by atoms with Gasteiger partial charge in [-0.3, -0.25) is 4.79 Å². The van der Waals surface area contributed by atoms with Crippen LogP contribution in [-0.2, 0) is 11.2 Å². The molecule has 0 saturated heterocycles. The molecule has 1 unspecified atom stereocenters. The zero-order chi connectivity index (χ0) is 14.7. The first kappa shape index (κ1) is 14.8. The van der Waals surface area contributed by atoms with Gasteiger partial charge in [0.15, 0.2) is 0 Å². The fourth-order valence-corrected chi connectivity index (χ4v) is 2.58. The van der Waals surface area contributed by atoms with Crippen molar-refractivity contribution in [1.82, 2.24) is 4.90 Å². The highest BCUT2D eigenvalue weighted by atomic mass is 16.3. The van der Waals surface area contributed by atoms with Crippen LogP contribution in [0.25, 0.3) is 0 Å². The third-order valence-corrected chi connectivity index (χ3v) is 3.83. The molecular formula is C15H22N2O3. The van der Waals surface area contributed by atoms with Crippen LogP contribution in [0.15, 0.2) is 24.3 Å². The van der Waals surface area contributed by atoms with Gasteiger partial charge in [-0.05, 0) is 42.9 Å². The Morgan fingerprint density at radius 3 is 2.55 bits per heavy atom. The zero-order valence-corrected chi connectivity index (χ0v) is 11.7. The van der Waals surface area contributed by atoms with Crippen molar-refractivity contribution in [3.8, 4) is 5.75 Å². The van der Waals surface area contributed by atoms with Gasteiger partial charge in [-0.15, -0.1) is 0 Å². The molecule has 20 heavy (non-hydrogen) atoms. The van der Waals surface area contributed by atoms with Crippen molar-refractivity contribution < 1.29 is 15.0 Å². The first-order valence-corrected chi connectivity index (χ1v) is 6.92. The summed E-state index contributed by atoms with van der Waals surface area (Å²) in [6.45, 7) is 0.652. The van der Waals surface area contributed by atoms with E-state index < -0.39 is 6.04 Å². The minimum atomic E-state index is -0.574. The molecule has 1 amide bonds. The molecule has 1 saturated carbocycles. The lowest BCUT2D eigenvalue weighted by Crippen LogP contribution is -2.46. The lowest BCUT2D eigenvalue weighted by Gasteiger charge is -2.35. The largest absolute Gasteiger partial charge is 0.508 e. The van der Waals surface area contributed by atoms with Crippen molar-refractivity contribution in [3.05, 3.63) is 29.8 Å². The number of phenolic OH excluding ortho intramolecular Hbond substituents is 1. The number of likely N-dealkylation sites (N-methyl/N-ethyl adjacent to an activating group) is 1. The van der Waals surface area contributed by atoms with Gasteiger partial charge in [0, 0.05) is 13.6 Å². The number of amides is 1. The minimum Gasteiger partial charge on any atom is -0.508 e. The molecule has 0 radical (unpaired) electrons. The lowest BCUT2D eigenvalue weighted by molar-refractivity contribution is -0.132. The van der Waals surface area contributed by atoms with Crippen molar-refractivity contribution in [2.75, 3.05) is 13.6 Å². The number of aliphatic hydroxyl groups excluding tert-OH is 1. The summed E-state index contributed by atoms with van der Waals surface area (Å²) in [6, 6.07) is 6.14.